The lowest BCUT2D eigenvalue weighted by Gasteiger charge is -2.08. The van der Waals surface area contributed by atoms with Crippen LogP contribution in [0.3, 0.4) is 0 Å². The molecule has 0 saturated heterocycles. The normalized spacial score (nSPS) is 10.7. The first-order valence-electron chi connectivity index (χ1n) is 6.77. The summed E-state index contributed by atoms with van der Waals surface area (Å²) in [7, 11) is 0. The smallest absolute Gasteiger partial charge is 0.343 e. The van der Waals surface area contributed by atoms with Crippen molar-refractivity contribution in [3.05, 3.63) is 46.2 Å². The zero-order chi connectivity index (χ0) is 14.5. The zero-order valence-corrected chi connectivity index (χ0v) is 12.5. The Morgan fingerprint density at radius 2 is 1.95 bits per heavy atom. The van der Waals surface area contributed by atoms with E-state index in [4.69, 9.17) is 0 Å². The quantitative estimate of drug-likeness (QED) is 0.505. The lowest BCUT2D eigenvalue weighted by molar-refractivity contribution is -0.648. The number of nitrogens with one attached hydrogen (secondary N) is 1. The third-order valence-electron chi connectivity index (χ3n) is 2.99. The summed E-state index contributed by atoms with van der Waals surface area (Å²) < 4.78 is 1.71. The summed E-state index contributed by atoms with van der Waals surface area (Å²) in [6.45, 7) is 3.94. The molecule has 1 aromatic carbocycles. The summed E-state index contributed by atoms with van der Waals surface area (Å²) in [5, 5.41) is 11.1. The second-order valence-electron chi connectivity index (χ2n) is 4.43. The number of thioether (sulfide) groups is 1. The van der Waals surface area contributed by atoms with Crippen molar-refractivity contribution in [2.75, 3.05) is 5.75 Å². The van der Waals surface area contributed by atoms with Crippen molar-refractivity contribution in [2.24, 2.45) is 0 Å². The van der Waals surface area contributed by atoms with Crippen molar-refractivity contribution < 1.29 is 9.67 Å². The molecule has 0 spiro atoms. The lowest BCUT2D eigenvalue weighted by Crippen LogP contribution is -2.39. The van der Waals surface area contributed by atoms with Gasteiger partial charge in [0.2, 0.25) is 0 Å². The van der Waals surface area contributed by atoms with Crippen molar-refractivity contribution in [2.45, 2.75) is 31.8 Å². The largest absolute Gasteiger partial charge is 0.477 e. The fraction of sp³-hybridized carbons (Fsp3) is 0.333. The Hall–Kier alpha value is -1.75. The molecule has 1 aromatic heterocycles. The number of H-pyrrole nitrogens is 1. The summed E-state index contributed by atoms with van der Waals surface area (Å²) in [6, 6.07) is 9.56. The molecule has 0 saturated carbocycles. The number of hydrogen-bond acceptors (Lipinski definition) is 3. The number of aromatic amines is 1. The van der Waals surface area contributed by atoms with Gasteiger partial charge in [-0.1, -0.05) is 32.0 Å². The summed E-state index contributed by atoms with van der Waals surface area (Å²) in [5.41, 5.74) is 1.04. The molecule has 106 valence electrons. The molecule has 5 heteroatoms. The highest BCUT2D eigenvalue weighted by Gasteiger charge is 2.23. The van der Waals surface area contributed by atoms with Crippen molar-refractivity contribution in [3.8, 4) is 11.6 Å². The van der Waals surface area contributed by atoms with E-state index < -0.39 is 0 Å². The van der Waals surface area contributed by atoms with Crippen LogP contribution in [-0.4, -0.2) is 15.8 Å². The van der Waals surface area contributed by atoms with Crippen LogP contribution in [-0.2, 0) is 6.42 Å². The van der Waals surface area contributed by atoms with Gasteiger partial charge in [-0.05, 0) is 36.7 Å². The highest BCUT2D eigenvalue weighted by Crippen LogP contribution is 2.18. The molecule has 20 heavy (non-hydrogen) atoms. The summed E-state index contributed by atoms with van der Waals surface area (Å²) in [6.07, 6.45) is 1.49. The summed E-state index contributed by atoms with van der Waals surface area (Å²) >= 11 is 1.54. The molecular weight excluding hydrogens is 272 g/mol. The minimum atomic E-state index is -0.212. The number of aromatic nitrogens is 2. The van der Waals surface area contributed by atoms with Gasteiger partial charge in [0.05, 0.1) is 0 Å². The predicted octanol–water partition coefficient (Wildman–Crippen LogP) is 2.42. The van der Waals surface area contributed by atoms with Gasteiger partial charge in [0.25, 0.3) is 5.88 Å². The van der Waals surface area contributed by atoms with Crippen LogP contribution in [0.1, 0.15) is 25.8 Å². The van der Waals surface area contributed by atoms with Crippen molar-refractivity contribution >= 4 is 11.8 Å². The number of nitrogens with zero attached hydrogens (tertiary/aromatic N) is 1. The lowest BCUT2D eigenvalue weighted by atomic mass is 10.2. The fourth-order valence-electron chi connectivity index (χ4n) is 2.00. The maximum Gasteiger partial charge on any atom is 0.343 e. The fourth-order valence-corrected chi connectivity index (χ4v) is 2.88. The summed E-state index contributed by atoms with van der Waals surface area (Å²) in [5.74, 6) is 0.911. The topological polar surface area (TPSA) is 57.0 Å². The molecule has 0 fully saturated rings. The molecule has 2 rings (SSSR count). The molecule has 1 heterocycles. The van der Waals surface area contributed by atoms with Gasteiger partial charge in [-0.25, -0.2) is 4.79 Å². The van der Waals surface area contributed by atoms with Crippen molar-refractivity contribution in [1.29, 1.82) is 0 Å². The van der Waals surface area contributed by atoms with Crippen molar-refractivity contribution in [3.63, 3.8) is 0 Å². The highest BCUT2D eigenvalue weighted by molar-refractivity contribution is 7.99. The van der Waals surface area contributed by atoms with E-state index in [1.54, 1.807) is 4.57 Å². The number of hydrogen-bond donors (Lipinski definition) is 2. The molecule has 0 aliphatic heterocycles. The minimum absolute atomic E-state index is 0.0288. The molecule has 0 radical (unpaired) electrons. The molecule has 0 aliphatic carbocycles. The zero-order valence-electron chi connectivity index (χ0n) is 11.7. The summed E-state index contributed by atoms with van der Waals surface area (Å²) in [4.78, 5) is 14.9. The van der Waals surface area contributed by atoms with Gasteiger partial charge in [0.1, 0.15) is 11.3 Å². The molecule has 0 aliphatic rings. The first kappa shape index (κ1) is 14.7. The molecule has 0 bridgehead atoms. The van der Waals surface area contributed by atoms with E-state index in [2.05, 4.69) is 11.9 Å². The maximum atomic E-state index is 12.0. The first-order valence-corrected chi connectivity index (χ1v) is 7.76. The third-order valence-corrected chi connectivity index (χ3v) is 4.16. The minimum Gasteiger partial charge on any atom is -0.477 e. The van der Waals surface area contributed by atoms with Crippen LogP contribution in [0.25, 0.3) is 5.69 Å². The molecule has 2 aromatic rings. The van der Waals surface area contributed by atoms with Gasteiger partial charge in [0, 0.05) is 5.75 Å². The van der Waals surface area contributed by atoms with Crippen LogP contribution in [0.4, 0.5) is 0 Å². The molecule has 0 atom stereocenters. The second kappa shape index (κ2) is 6.61. The molecular formula is C15H19N2O2S+. The highest BCUT2D eigenvalue weighted by atomic mass is 32.2. The molecule has 2 N–H and O–H groups in total. The number of aromatic hydroxyl groups is 1. The van der Waals surface area contributed by atoms with Gasteiger partial charge < -0.3 is 5.11 Å². The van der Waals surface area contributed by atoms with Crippen LogP contribution >= 0.6 is 11.8 Å². The van der Waals surface area contributed by atoms with E-state index >= 15 is 0 Å². The molecule has 4 nitrogen and oxygen atoms in total. The number of rotatable bonds is 5. The van der Waals surface area contributed by atoms with Crippen LogP contribution in [0, 0.1) is 0 Å². The van der Waals surface area contributed by atoms with E-state index in [1.807, 2.05) is 37.3 Å². The Morgan fingerprint density at radius 3 is 2.55 bits per heavy atom. The van der Waals surface area contributed by atoms with Crippen LogP contribution in [0.15, 0.2) is 40.3 Å². The Balaban J connectivity index is 2.65. The Bertz CT molecular complexity index is 638. The van der Waals surface area contributed by atoms with E-state index in [9.17, 15) is 9.90 Å². The SMILES string of the molecule is CCCSc1[nH]c(=O)c(CC)c(O)[n+]1-c1ccccc1. The van der Waals surface area contributed by atoms with E-state index in [-0.39, 0.29) is 11.4 Å². The number of benzene rings is 1. The van der Waals surface area contributed by atoms with E-state index in [0.717, 1.165) is 17.9 Å². The maximum absolute atomic E-state index is 12.0. The molecule has 0 unspecified atom stereocenters. The molecule has 0 amide bonds. The second-order valence-corrected chi connectivity index (χ2v) is 5.52. The van der Waals surface area contributed by atoms with Crippen LogP contribution in [0.2, 0.25) is 0 Å². The van der Waals surface area contributed by atoms with Gasteiger partial charge in [-0.15, -0.1) is 0 Å². The standard InChI is InChI=1S/C15H18N2O2S/c1-3-10-20-15-16-13(18)12(4-2)14(19)17(15)11-8-6-5-7-9-11/h5-9H,3-4,10H2,1-2H3,(H,18,19)/p+1. The van der Waals surface area contributed by atoms with Gasteiger partial charge in [-0.3, -0.25) is 0 Å². The third kappa shape index (κ3) is 2.88. The Labute approximate surface area is 122 Å². The van der Waals surface area contributed by atoms with E-state index in [0.29, 0.717) is 17.1 Å². The Kier molecular flexibility index (Phi) is 4.84. The monoisotopic (exact) mass is 291 g/mol. The average Bonchev–Trinajstić information content (AvgIpc) is 2.46. The predicted molar refractivity (Wildman–Crippen MR) is 80.7 cm³/mol. The van der Waals surface area contributed by atoms with Gasteiger partial charge in [0.15, 0.2) is 0 Å². The average molecular weight is 291 g/mol. The number of para-hydroxylation sites is 1. The van der Waals surface area contributed by atoms with Crippen LogP contribution < -0.4 is 10.1 Å². The Morgan fingerprint density at radius 1 is 1.25 bits per heavy atom. The van der Waals surface area contributed by atoms with Crippen molar-refractivity contribution in [1.82, 2.24) is 4.98 Å². The van der Waals surface area contributed by atoms with Crippen LogP contribution in [0.5, 0.6) is 5.88 Å². The van der Waals surface area contributed by atoms with Gasteiger partial charge in [-0.2, -0.15) is 9.55 Å². The first-order chi connectivity index (χ1) is 9.69. The van der Waals surface area contributed by atoms with E-state index in [1.165, 1.54) is 11.8 Å². The van der Waals surface area contributed by atoms with Gasteiger partial charge >= 0.3 is 10.7 Å².